The zero-order chi connectivity index (χ0) is 25.4. The van der Waals surface area contributed by atoms with E-state index in [4.69, 9.17) is 16.6 Å². The number of likely N-dealkylation sites (N-methyl/N-ethyl adjacent to an activating group) is 1. The van der Waals surface area contributed by atoms with Gasteiger partial charge in [-0.2, -0.15) is 0 Å². The van der Waals surface area contributed by atoms with Gasteiger partial charge in [0.1, 0.15) is 0 Å². The van der Waals surface area contributed by atoms with E-state index in [2.05, 4.69) is 10.3 Å². The second kappa shape index (κ2) is 10.2. The highest BCUT2D eigenvalue weighted by Gasteiger charge is 2.25. The number of carbonyl (C=O) groups excluding carboxylic acids is 2. The monoisotopic (exact) mass is 524 g/mol. The molecule has 36 heavy (non-hydrogen) atoms. The molecule has 0 aliphatic carbocycles. The molecule has 3 heterocycles. The van der Waals surface area contributed by atoms with Gasteiger partial charge in [0.05, 0.1) is 27.8 Å². The molecule has 0 atom stereocenters. The van der Waals surface area contributed by atoms with Crippen molar-refractivity contribution in [1.82, 2.24) is 24.3 Å². The fourth-order valence-electron chi connectivity index (χ4n) is 4.67. The molecular formula is C26H29ClN6O2S. The first kappa shape index (κ1) is 24.7. The molecule has 0 saturated carbocycles. The minimum absolute atomic E-state index is 0.123. The molecule has 0 radical (unpaired) electrons. The first-order chi connectivity index (χ1) is 17.3. The number of nitrogens with one attached hydrogen (secondary N) is 1. The second-order valence-electron chi connectivity index (χ2n) is 9.64. The molecule has 0 spiro atoms. The highest BCUT2D eigenvalue weighted by atomic mass is 35.5. The first-order valence-electron chi connectivity index (χ1n) is 12.0. The number of benzene rings is 2. The average Bonchev–Trinajstić information content (AvgIpc) is 3.38. The van der Waals surface area contributed by atoms with E-state index in [0.717, 1.165) is 52.3 Å². The van der Waals surface area contributed by atoms with Crippen LogP contribution in [0.1, 0.15) is 29.6 Å². The van der Waals surface area contributed by atoms with Crippen LogP contribution >= 0.6 is 22.9 Å². The van der Waals surface area contributed by atoms with Crippen molar-refractivity contribution in [3.8, 4) is 0 Å². The van der Waals surface area contributed by atoms with E-state index in [1.165, 1.54) is 11.3 Å². The summed E-state index contributed by atoms with van der Waals surface area (Å²) in [6.45, 7) is 1.87. The van der Waals surface area contributed by atoms with Crippen molar-refractivity contribution in [3.63, 3.8) is 0 Å². The van der Waals surface area contributed by atoms with Gasteiger partial charge in [0.2, 0.25) is 11.9 Å². The van der Waals surface area contributed by atoms with Gasteiger partial charge in [0.15, 0.2) is 10.9 Å². The van der Waals surface area contributed by atoms with Gasteiger partial charge in [0, 0.05) is 37.1 Å². The van der Waals surface area contributed by atoms with Crippen LogP contribution in [0.3, 0.4) is 0 Å². The number of aryl methyl sites for hydroxylation is 1. The number of hydrogen-bond donors (Lipinski definition) is 1. The number of likely N-dealkylation sites (tertiary alicyclic amines) is 1. The maximum atomic E-state index is 13.1. The number of anilines is 2. The molecule has 5 rings (SSSR count). The van der Waals surface area contributed by atoms with E-state index >= 15 is 0 Å². The number of rotatable bonds is 7. The summed E-state index contributed by atoms with van der Waals surface area (Å²) in [7, 11) is 5.74. The summed E-state index contributed by atoms with van der Waals surface area (Å²) in [5.74, 6) is 1.24. The van der Waals surface area contributed by atoms with E-state index in [1.54, 1.807) is 0 Å². The van der Waals surface area contributed by atoms with E-state index < -0.39 is 0 Å². The second-order valence-corrected chi connectivity index (χ2v) is 11.1. The number of ketones is 1. The number of nitrogens with zero attached hydrogens (tertiary/aromatic N) is 5. The Morgan fingerprint density at radius 2 is 1.89 bits per heavy atom. The number of fused-ring (bicyclic) bond motifs is 2. The quantitative estimate of drug-likeness (QED) is 0.344. The number of Topliss-reactive ketones (excluding diaryl/α,β-unsaturated/α-hetero) is 1. The van der Waals surface area contributed by atoms with E-state index in [9.17, 15) is 9.59 Å². The van der Waals surface area contributed by atoms with Gasteiger partial charge in [-0.25, -0.2) is 9.97 Å². The predicted octanol–water partition coefficient (Wildman–Crippen LogP) is 4.95. The highest BCUT2D eigenvalue weighted by Crippen LogP contribution is 2.31. The van der Waals surface area contributed by atoms with Crippen LogP contribution in [0.15, 0.2) is 36.4 Å². The van der Waals surface area contributed by atoms with Gasteiger partial charge in [-0.3, -0.25) is 9.59 Å². The maximum Gasteiger partial charge on any atom is 0.236 e. The Balaban J connectivity index is 1.25. The lowest BCUT2D eigenvalue weighted by molar-refractivity contribution is -0.133. The minimum atomic E-state index is 0.123. The maximum absolute atomic E-state index is 13.1. The Hall–Kier alpha value is -3.01. The lowest BCUT2D eigenvalue weighted by Gasteiger charge is -2.32. The van der Waals surface area contributed by atoms with Gasteiger partial charge in [0.25, 0.3) is 0 Å². The van der Waals surface area contributed by atoms with Crippen molar-refractivity contribution in [3.05, 3.63) is 47.0 Å². The molecule has 1 aliphatic heterocycles. The SMILES string of the molecule is CN(C)CC(=O)N1CCC(CC(=O)c2ccc3c(c2)nc(Nc2nc4ccc(Cl)cc4s2)n3C)CC1. The standard InChI is InChI=1S/C26H29ClN6O2S/c1-31(2)15-24(35)33-10-8-16(9-11-33)12-22(34)17-4-7-21-20(13-17)28-25(32(21)3)30-26-29-19-6-5-18(27)14-23(19)36-26/h4-7,13-14,16H,8-12,15H2,1-3H3,(H,28,29,30). The van der Waals surface area contributed by atoms with Crippen LogP contribution in [0.5, 0.6) is 0 Å². The number of thiazole rings is 1. The summed E-state index contributed by atoms with van der Waals surface area (Å²) in [6.07, 6.45) is 2.21. The van der Waals surface area contributed by atoms with Gasteiger partial charge in [-0.15, -0.1) is 0 Å². The lowest BCUT2D eigenvalue weighted by Crippen LogP contribution is -2.42. The summed E-state index contributed by atoms with van der Waals surface area (Å²) < 4.78 is 2.97. The summed E-state index contributed by atoms with van der Waals surface area (Å²) in [6, 6.07) is 11.3. The number of amides is 1. The number of piperidine rings is 1. The summed E-state index contributed by atoms with van der Waals surface area (Å²) >= 11 is 7.62. The Morgan fingerprint density at radius 1 is 1.11 bits per heavy atom. The first-order valence-corrected chi connectivity index (χ1v) is 13.2. The number of aromatic nitrogens is 3. The molecule has 188 valence electrons. The van der Waals surface area contributed by atoms with Crippen molar-refractivity contribution in [2.75, 3.05) is 39.0 Å². The largest absolute Gasteiger partial charge is 0.342 e. The molecule has 1 aliphatic rings. The van der Waals surface area contributed by atoms with Gasteiger partial charge in [-0.1, -0.05) is 22.9 Å². The number of halogens is 1. The summed E-state index contributed by atoms with van der Waals surface area (Å²) in [5.41, 5.74) is 3.25. The Morgan fingerprint density at radius 3 is 2.64 bits per heavy atom. The third-order valence-corrected chi connectivity index (χ3v) is 7.83. The van der Waals surface area contributed by atoms with Gasteiger partial charge >= 0.3 is 0 Å². The third-order valence-electron chi connectivity index (χ3n) is 6.66. The topological polar surface area (TPSA) is 83.4 Å². The smallest absolute Gasteiger partial charge is 0.236 e. The van der Waals surface area contributed by atoms with Crippen molar-refractivity contribution in [1.29, 1.82) is 0 Å². The predicted molar refractivity (Wildman–Crippen MR) is 145 cm³/mol. The fourth-order valence-corrected chi connectivity index (χ4v) is 5.81. The van der Waals surface area contributed by atoms with Crippen LogP contribution in [0.2, 0.25) is 5.02 Å². The van der Waals surface area contributed by atoms with Crippen molar-refractivity contribution in [2.45, 2.75) is 19.3 Å². The zero-order valence-electron chi connectivity index (χ0n) is 20.6. The van der Waals surface area contributed by atoms with Crippen LogP contribution in [0, 0.1) is 5.92 Å². The van der Waals surface area contributed by atoms with Gasteiger partial charge in [-0.05, 0) is 69.3 Å². The van der Waals surface area contributed by atoms with Crippen molar-refractivity contribution >= 4 is 67.0 Å². The van der Waals surface area contributed by atoms with Crippen LogP contribution in [0.25, 0.3) is 21.3 Å². The summed E-state index contributed by atoms with van der Waals surface area (Å²) in [4.78, 5) is 38.5. The molecule has 1 saturated heterocycles. The van der Waals surface area contributed by atoms with E-state index in [0.29, 0.717) is 35.4 Å². The molecule has 1 fully saturated rings. The van der Waals surface area contributed by atoms with E-state index in [1.807, 2.05) is 71.9 Å². The Bertz CT molecular complexity index is 1440. The van der Waals surface area contributed by atoms with Crippen LogP contribution in [-0.4, -0.2) is 69.8 Å². The number of carbonyl (C=O) groups is 2. The summed E-state index contributed by atoms with van der Waals surface area (Å²) in [5, 5.41) is 4.72. The molecule has 2 aromatic heterocycles. The molecule has 0 unspecified atom stereocenters. The molecule has 1 N–H and O–H groups in total. The third kappa shape index (κ3) is 5.23. The van der Waals surface area contributed by atoms with Crippen LogP contribution in [0.4, 0.5) is 11.1 Å². The van der Waals surface area contributed by atoms with Crippen LogP contribution < -0.4 is 5.32 Å². The lowest BCUT2D eigenvalue weighted by atomic mass is 9.89. The molecule has 2 aromatic carbocycles. The molecule has 10 heteroatoms. The molecular weight excluding hydrogens is 496 g/mol. The molecule has 1 amide bonds. The highest BCUT2D eigenvalue weighted by molar-refractivity contribution is 7.22. The van der Waals surface area contributed by atoms with Crippen molar-refractivity contribution in [2.24, 2.45) is 13.0 Å². The molecule has 8 nitrogen and oxygen atoms in total. The van der Waals surface area contributed by atoms with Gasteiger partial charge < -0.3 is 19.7 Å². The number of hydrogen-bond acceptors (Lipinski definition) is 7. The minimum Gasteiger partial charge on any atom is -0.342 e. The zero-order valence-corrected chi connectivity index (χ0v) is 22.2. The average molecular weight is 525 g/mol. The number of imidazole rings is 1. The molecule has 0 bridgehead atoms. The van der Waals surface area contributed by atoms with Crippen molar-refractivity contribution < 1.29 is 9.59 Å². The fraction of sp³-hybridized carbons (Fsp3) is 0.385. The Kier molecular flexibility index (Phi) is 6.96. The molecule has 4 aromatic rings. The Labute approximate surface area is 218 Å². The van der Waals surface area contributed by atoms with E-state index in [-0.39, 0.29) is 11.7 Å². The normalized spacial score (nSPS) is 14.8. The van der Waals surface area contributed by atoms with Crippen LogP contribution in [-0.2, 0) is 11.8 Å².